The minimum Gasteiger partial charge on any atom is -0.390 e. The molecule has 0 saturated carbocycles. The zero-order valence-corrected chi connectivity index (χ0v) is 11.5. The molecular weight excluding hydrogens is 244 g/mol. The van der Waals surface area contributed by atoms with Gasteiger partial charge in [-0.15, -0.1) is 11.3 Å². The molecule has 0 radical (unpaired) electrons. The Labute approximate surface area is 112 Å². The van der Waals surface area contributed by atoms with Gasteiger partial charge in [-0.1, -0.05) is 6.42 Å². The SMILES string of the molecule is Nc1sc2c(c1C(=O)N1CCCC1)CCCCC2. The fourth-order valence-corrected chi connectivity index (χ4v) is 4.23. The largest absolute Gasteiger partial charge is 0.390 e. The van der Waals surface area contributed by atoms with E-state index in [1.54, 1.807) is 11.3 Å². The molecule has 18 heavy (non-hydrogen) atoms. The first-order valence-corrected chi connectivity index (χ1v) is 7.78. The number of hydrogen-bond acceptors (Lipinski definition) is 3. The molecule has 3 nitrogen and oxygen atoms in total. The summed E-state index contributed by atoms with van der Waals surface area (Å²) in [7, 11) is 0. The van der Waals surface area contributed by atoms with E-state index < -0.39 is 0 Å². The molecule has 0 bridgehead atoms. The number of nitrogens with two attached hydrogens (primary N) is 1. The van der Waals surface area contributed by atoms with E-state index in [0.29, 0.717) is 0 Å². The Morgan fingerprint density at radius 2 is 1.78 bits per heavy atom. The Hall–Kier alpha value is -1.03. The molecule has 1 aliphatic heterocycles. The van der Waals surface area contributed by atoms with Crippen molar-refractivity contribution in [3.8, 4) is 0 Å². The fraction of sp³-hybridized carbons (Fsp3) is 0.643. The molecule has 1 aromatic rings. The first-order valence-electron chi connectivity index (χ1n) is 6.96. The van der Waals surface area contributed by atoms with Crippen molar-refractivity contribution >= 4 is 22.2 Å². The molecule has 0 unspecified atom stereocenters. The summed E-state index contributed by atoms with van der Waals surface area (Å²) in [6.45, 7) is 1.81. The van der Waals surface area contributed by atoms with E-state index in [4.69, 9.17) is 5.73 Å². The van der Waals surface area contributed by atoms with Crippen molar-refractivity contribution in [3.05, 3.63) is 16.0 Å². The topological polar surface area (TPSA) is 46.3 Å². The van der Waals surface area contributed by atoms with Gasteiger partial charge >= 0.3 is 0 Å². The lowest BCUT2D eigenvalue weighted by molar-refractivity contribution is 0.0793. The molecule has 1 aromatic heterocycles. The maximum Gasteiger partial charge on any atom is 0.257 e. The highest BCUT2D eigenvalue weighted by Gasteiger charge is 2.27. The monoisotopic (exact) mass is 264 g/mol. The van der Waals surface area contributed by atoms with Crippen molar-refractivity contribution in [1.29, 1.82) is 0 Å². The third-order valence-corrected chi connectivity index (χ3v) is 5.18. The Morgan fingerprint density at radius 1 is 1.06 bits per heavy atom. The van der Waals surface area contributed by atoms with Gasteiger partial charge in [0.15, 0.2) is 0 Å². The minimum atomic E-state index is 0.185. The van der Waals surface area contributed by atoms with Crippen LogP contribution < -0.4 is 5.73 Å². The van der Waals surface area contributed by atoms with Crippen LogP contribution in [0.2, 0.25) is 0 Å². The summed E-state index contributed by atoms with van der Waals surface area (Å²) in [5.74, 6) is 0.185. The van der Waals surface area contributed by atoms with Crippen LogP contribution in [-0.4, -0.2) is 23.9 Å². The molecule has 4 heteroatoms. The van der Waals surface area contributed by atoms with Gasteiger partial charge < -0.3 is 10.6 Å². The Balaban J connectivity index is 1.95. The fourth-order valence-electron chi connectivity index (χ4n) is 3.08. The number of amides is 1. The van der Waals surface area contributed by atoms with E-state index in [2.05, 4.69) is 0 Å². The lowest BCUT2D eigenvalue weighted by Gasteiger charge is -2.16. The molecule has 0 spiro atoms. The average Bonchev–Trinajstić information content (AvgIpc) is 2.92. The number of carbonyl (C=O) groups is 1. The lowest BCUT2D eigenvalue weighted by atomic mass is 10.0. The first kappa shape index (κ1) is 12.0. The summed E-state index contributed by atoms with van der Waals surface area (Å²) in [6, 6.07) is 0. The van der Waals surface area contributed by atoms with Crippen molar-refractivity contribution in [3.63, 3.8) is 0 Å². The van der Waals surface area contributed by atoms with E-state index in [1.807, 2.05) is 4.90 Å². The number of likely N-dealkylation sites (tertiary alicyclic amines) is 1. The van der Waals surface area contributed by atoms with Crippen molar-refractivity contribution in [2.24, 2.45) is 0 Å². The van der Waals surface area contributed by atoms with Gasteiger partial charge in [0.25, 0.3) is 5.91 Å². The van der Waals surface area contributed by atoms with Crippen molar-refractivity contribution in [1.82, 2.24) is 4.90 Å². The van der Waals surface area contributed by atoms with Crippen molar-refractivity contribution in [2.75, 3.05) is 18.8 Å². The van der Waals surface area contributed by atoms with Gasteiger partial charge in [-0.3, -0.25) is 4.79 Å². The molecule has 3 rings (SSSR count). The maximum atomic E-state index is 12.6. The summed E-state index contributed by atoms with van der Waals surface area (Å²) in [6.07, 6.45) is 8.14. The number of anilines is 1. The van der Waals surface area contributed by atoms with Crippen LogP contribution in [-0.2, 0) is 12.8 Å². The molecule has 1 saturated heterocycles. The van der Waals surface area contributed by atoms with E-state index in [1.165, 1.54) is 29.7 Å². The minimum absolute atomic E-state index is 0.185. The number of nitrogen functional groups attached to an aromatic ring is 1. The second-order valence-corrected chi connectivity index (χ2v) is 6.44. The van der Waals surface area contributed by atoms with Crippen LogP contribution >= 0.6 is 11.3 Å². The molecule has 1 aliphatic carbocycles. The molecule has 2 N–H and O–H groups in total. The zero-order valence-electron chi connectivity index (χ0n) is 10.7. The van der Waals surface area contributed by atoms with Gasteiger partial charge in [0, 0.05) is 18.0 Å². The predicted molar refractivity (Wildman–Crippen MR) is 75.1 cm³/mol. The van der Waals surface area contributed by atoms with Crippen molar-refractivity contribution < 1.29 is 4.79 Å². The molecule has 1 amide bonds. The molecule has 0 aromatic carbocycles. The maximum absolute atomic E-state index is 12.6. The Morgan fingerprint density at radius 3 is 2.56 bits per heavy atom. The third kappa shape index (κ3) is 2.03. The molecule has 2 aliphatic rings. The first-order chi connectivity index (χ1) is 8.77. The van der Waals surface area contributed by atoms with Crippen LogP contribution in [0.25, 0.3) is 0 Å². The van der Waals surface area contributed by atoms with Crippen LogP contribution in [0.4, 0.5) is 5.00 Å². The predicted octanol–water partition coefficient (Wildman–Crippen LogP) is 2.84. The standard InChI is InChI=1S/C14H20N2OS/c15-13-12(14(17)16-8-4-5-9-16)10-6-2-1-3-7-11(10)18-13/h1-9,15H2. The zero-order chi connectivity index (χ0) is 12.5. The number of aryl methyl sites for hydroxylation is 1. The highest BCUT2D eigenvalue weighted by Crippen LogP contribution is 2.36. The number of fused-ring (bicyclic) bond motifs is 1. The molecule has 1 fully saturated rings. The normalized spacial score (nSPS) is 19.7. The van der Waals surface area contributed by atoms with Gasteiger partial charge in [-0.25, -0.2) is 0 Å². The summed E-state index contributed by atoms with van der Waals surface area (Å²) in [4.78, 5) is 15.9. The number of hydrogen-bond donors (Lipinski definition) is 1. The summed E-state index contributed by atoms with van der Waals surface area (Å²) in [5.41, 5.74) is 8.23. The average molecular weight is 264 g/mol. The summed E-state index contributed by atoms with van der Waals surface area (Å²) < 4.78 is 0. The smallest absolute Gasteiger partial charge is 0.257 e. The summed E-state index contributed by atoms with van der Waals surface area (Å²) in [5, 5.41) is 0.749. The highest BCUT2D eigenvalue weighted by atomic mass is 32.1. The highest BCUT2D eigenvalue weighted by molar-refractivity contribution is 7.16. The second-order valence-electron chi connectivity index (χ2n) is 5.30. The van der Waals surface area contributed by atoms with Crippen LogP contribution in [0, 0.1) is 0 Å². The van der Waals surface area contributed by atoms with Gasteiger partial charge in [0.05, 0.1) is 10.6 Å². The Kier molecular flexibility index (Phi) is 3.29. The number of carbonyl (C=O) groups excluding carboxylic acids is 1. The molecule has 0 atom stereocenters. The quantitative estimate of drug-likeness (QED) is 0.793. The third-order valence-electron chi connectivity index (χ3n) is 4.06. The van der Waals surface area contributed by atoms with Gasteiger partial charge in [-0.05, 0) is 44.1 Å². The molecule has 2 heterocycles. The molecular formula is C14H20N2OS. The second kappa shape index (κ2) is 4.92. The Bertz CT molecular complexity index is 461. The van der Waals surface area contributed by atoms with Crippen LogP contribution in [0.5, 0.6) is 0 Å². The van der Waals surface area contributed by atoms with E-state index in [9.17, 15) is 4.79 Å². The summed E-state index contributed by atoms with van der Waals surface area (Å²) >= 11 is 1.65. The molecule has 98 valence electrons. The van der Waals surface area contributed by atoms with Gasteiger partial charge in [0.1, 0.15) is 0 Å². The van der Waals surface area contributed by atoms with Crippen LogP contribution in [0.3, 0.4) is 0 Å². The number of thiophene rings is 1. The van der Waals surface area contributed by atoms with Crippen molar-refractivity contribution in [2.45, 2.75) is 44.9 Å². The van der Waals surface area contributed by atoms with E-state index >= 15 is 0 Å². The number of rotatable bonds is 1. The number of nitrogens with zero attached hydrogens (tertiary/aromatic N) is 1. The van der Waals surface area contributed by atoms with Gasteiger partial charge in [-0.2, -0.15) is 0 Å². The van der Waals surface area contributed by atoms with E-state index in [-0.39, 0.29) is 5.91 Å². The van der Waals surface area contributed by atoms with Gasteiger partial charge in [0.2, 0.25) is 0 Å². The lowest BCUT2D eigenvalue weighted by Crippen LogP contribution is -2.28. The van der Waals surface area contributed by atoms with Crippen LogP contribution in [0.1, 0.15) is 52.9 Å². The van der Waals surface area contributed by atoms with Crippen LogP contribution in [0.15, 0.2) is 0 Å². The van der Waals surface area contributed by atoms with E-state index in [0.717, 1.165) is 49.3 Å².